The molecule has 0 atom stereocenters. The minimum atomic E-state index is -0.474. The Labute approximate surface area is 128 Å². The molecule has 2 aromatic heterocycles. The van der Waals surface area contributed by atoms with E-state index < -0.39 is 5.97 Å². The maximum atomic E-state index is 12.8. The number of thiophene rings is 1. The van der Waals surface area contributed by atoms with Crippen molar-refractivity contribution in [1.29, 1.82) is 0 Å². The summed E-state index contributed by atoms with van der Waals surface area (Å²) in [6, 6.07) is 9.57. The number of hydrogen-bond donors (Lipinski definition) is 0. The fourth-order valence-corrected chi connectivity index (χ4v) is 3.05. The molecule has 0 saturated heterocycles. The van der Waals surface area contributed by atoms with E-state index in [2.05, 4.69) is 9.59 Å². The lowest BCUT2D eigenvalue weighted by Gasteiger charge is -2.04. The Morgan fingerprint density at radius 3 is 2.76 bits per heavy atom. The molecule has 1 aromatic carbocycles. The summed E-state index contributed by atoms with van der Waals surface area (Å²) in [5.74, 6) is -0.797. The Balaban J connectivity index is 1.72. The van der Waals surface area contributed by atoms with Gasteiger partial charge in [0.25, 0.3) is 0 Å². The summed E-state index contributed by atoms with van der Waals surface area (Å²) in [5, 5.41) is 5.88. The number of halogens is 1. The van der Waals surface area contributed by atoms with Crippen molar-refractivity contribution in [2.75, 3.05) is 0 Å². The smallest absolute Gasteiger partial charge is 0.352 e. The Morgan fingerprint density at radius 2 is 2.05 bits per heavy atom. The van der Waals surface area contributed by atoms with Crippen molar-refractivity contribution in [3.63, 3.8) is 0 Å². The standard InChI is InChI=1S/C14H9FN2O2S2/c15-10-5-3-9(4-6-10)8-19-14(18)13-12(16-17-21-13)11-2-1-7-20-11/h1-7H,8H2. The third-order valence-corrected chi connectivity index (χ3v) is 4.29. The van der Waals surface area contributed by atoms with Gasteiger partial charge in [-0.2, -0.15) is 0 Å². The molecule has 0 unspecified atom stereocenters. The summed E-state index contributed by atoms with van der Waals surface area (Å²) >= 11 is 2.49. The maximum absolute atomic E-state index is 12.8. The number of carbonyl (C=O) groups excluding carboxylic acids is 1. The molecule has 7 heteroatoms. The van der Waals surface area contributed by atoms with E-state index >= 15 is 0 Å². The third kappa shape index (κ3) is 3.14. The van der Waals surface area contributed by atoms with Gasteiger partial charge in [0.05, 0.1) is 4.88 Å². The average molecular weight is 320 g/mol. The molecule has 0 spiro atoms. The second-order valence-corrected chi connectivity index (χ2v) is 5.83. The van der Waals surface area contributed by atoms with Crippen molar-refractivity contribution >= 4 is 28.8 Å². The lowest BCUT2D eigenvalue weighted by molar-refractivity contribution is 0.0479. The van der Waals surface area contributed by atoms with E-state index in [4.69, 9.17) is 4.74 Å². The fourth-order valence-electron chi connectivity index (χ4n) is 1.69. The van der Waals surface area contributed by atoms with Crippen LogP contribution in [-0.2, 0) is 11.3 Å². The van der Waals surface area contributed by atoms with Crippen LogP contribution in [0.15, 0.2) is 41.8 Å². The van der Waals surface area contributed by atoms with Crippen LogP contribution in [0, 0.1) is 5.82 Å². The molecule has 21 heavy (non-hydrogen) atoms. The fraction of sp³-hybridized carbons (Fsp3) is 0.0714. The van der Waals surface area contributed by atoms with Crippen molar-refractivity contribution < 1.29 is 13.9 Å². The van der Waals surface area contributed by atoms with Gasteiger partial charge >= 0.3 is 5.97 Å². The summed E-state index contributed by atoms with van der Waals surface area (Å²) in [4.78, 5) is 13.3. The molecule has 0 aliphatic heterocycles. The first-order valence-electron chi connectivity index (χ1n) is 6.02. The molecule has 0 fully saturated rings. The second-order valence-electron chi connectivity index (χ2n) is 4.13. The van der Waals surface area contributed by atoms with E-state index in [9.17, 15) is 9.18 Å². The van der Waals surface area contributed by atoms with E-state index in [-0.39, 0.29) is 12.4 Å². The summed E-state index contributed by atoms with van der Waals surface area (Å²) < 4.78 is 21.8. The molecule has 3 aromatic rings. The molecular formula is C14H9FN2O2S2. The van der Waals surface area contributed by atoms with Gasteiger partial charge in [-0.25, -0.2) is 9.18 Å². The average Bonchev–Trinajstić information content (AvgIpc) is 3.16. The topological polar surface area (TPSA) is 52.1 Å². The minimum Gasteiger partial charge on any atom is -0.457 e. The summed E-state index contributed by atoms with van der Waals surface area (Å²) in [6.45, 7) is 0.0842. The van der Waals surface area contributed by atoms with Gasteiger partial charge in [-0.05, 0) is 40.7 Å². The number of nitrogens with zero attached hydrogens (tertiary/aromatic N) is 2. The van der Waals surface area contributed by atoms with Crippen molar-refractivity contribution in [3.8, 4) is 10.6 Å². The van der Waals surface area contributed by atoms with Crippen molar-refractivity contribution in [3.05, 3.63) is 58.0 Å². The van der Waals surface area contributed by atoms with Crippen LogP contribution in [0.1, 0.15) is 15.2 Å². The molecule has 0 amide bonds. The maximum Gasteiger partial charge on any atom is 0.352 e. The van der Waals surface area contributed by atoms with Crippen LogP contribution in [0.2, 0.25) is 0 Å². The number of esters is 1. The molecule has 3 rings (SSSR count). The van der Waals surface area contributed by atoms with E-state index in [1.54, 1.807) is 12.1 Å². The van der Waals surface area contributed by atoms with Gasteiger partial charge in [0.1, 0.15) is 18.1 Å². The molecule has 0 radical (unpaired) electrons. The van der Waals surface area contributed by atoms with Crippen LogP contribution in [0.25, 0.3) is 10.6 Å². The van der Waals surface area contributed by atoms with Gasteiger partial charge in [0.2, 0.25) is 0 Å². The number of hydrogen-bond acceptors (Lipinski definition) is 6. The highest BCUT2D eigenvalue weighted by atomic mass is 32.1. The number of rotatable bonds is 4. The van der Waals surface area contributed by atoms with Gasteiger partial charge in [-0.3, -0.25) is 0 Å². The number of carbonyl (C=O) groups is 1. The zero-order chi connectivity index (χ0) is 14.7. The summed E-state index contributed by atoms with van der Waals surface area (Å²) in [6.07, 6.45) is 0. The first-order valence-corrected chi connectivity index (χ1v) is 7.67. The number of ether oxygens (including phenoxy) is 1. The number of benzene rings is 1. The third-order valence-electron chi connectivity index (χ3n) is 2.71. The highest BCUT2D eigenvalue weighted by Gasteiger charge is 2.19. The van der Waals surface area contributed by atoms with Gasteiger partial charge in [0.15, 0.2) is 4.88 Å². The highest BCUT2D eigenvalue weighted by Crippen LogP contribution is 2.28. The van der Waals surface area contributed by atoms with Crippen LogP contribution in [0.3, 0.4) is 0 Å². The molecule has 0 bridgehead atoms. The Bertz CT molecular complexity index is 739. The van der Waals surface area contributed by atoms with E-state index in [1.807, 2.05) is 17.5 Å². The summed E-state index contributed by atoms with van der Waals surface area (Å²) in [5.41, 5.74) is 1.26. The molecule has 106 valence electrons. The van der Waals surface area contributed by atoms with E-state index in [0.29, 0.717) is 10.6 Å². The zero-order valence-electron chi connectivity index (χ0n) is 10.7. The van der Waals surface area contributed by atoms with E-state index in [1.165, 1.54) is 23.5 Å². The lowest BCUT2D eigenvalue weighted by Crippen LogP contribution is -2.04. The van der Waals surface area contributed by atoms with Crippen LogP contribution in [0.4, 0.5) is 4.39 Å². The largest absolute Gasteiger partial charge is 0.457 e. The van der Waals surface area contributed by atoms with Crippen LogP contribution < -0.4 is 0 Å². The van der Waals surface area contributed by atoms with Crippen LogP contribution in [0.5, 0.6) is 0 Å². The van der Waals surface area contributed by atoms with Crippen molar-refractivity contribution in [2.24, 2.45) is 0 Å². The zero-order valence-corrected chi connectivity index (χ0v) is 12.3. The monoisotopic (exact) mass is 320 g/mol. The lowest BCUT2D eigenvalue weighted by atomic mass is 10.2. The predicted octanol–water partition coefficient (Wildman–Crippen LogP) is 3.76. The molecule has 0 saturated carbocycles. The molecule has 0 aliphatic rings. The van der Waals surface area contributed by atoms with Gasteiger partial charge in [-0.15, -0.1) is 16.4 Å². The van der Waals surface area contributed by atoms with Gasteiger partial charge < -0.3 is 4.74 Å². The molecule has 0 N–H and O–H groups in total. The van der Waals surface area contributed by atoms with Crippen LogP contribution >= 0.6 is 22.9 Å². The molecule has 0 aliphatic carbocycles. The van der Waals surface area contributed by atoms with Gasteiger partial charge in [-0.1, -0.05) is 22.7 Å². The molecule has 2 heterocycles. The highest BCUT2D eigenvalue weighted by molar-refractivity contribution is 7.14. The predicted molar refractivity (Wildman–Crippen MR) is 78.7 cm³/mol. The van der Waals surface area contributed by atoms with Gasteiger partial charge in [0, 0.05) is 0 Å². The molecular weight excluding hydrogens is 311 g/mol. The molecule has 4 nitrogen and oxygen atoms in total. The quantitative estimate of drug-likeness (QED) is 0.687. The Hall–Kier alpha value is -2.12. The first kappa shape index (κ1) is 13.8. The van der Waals surface area contributed by atoms with Crippen LogP contribution in [-0.4, -0.2) is 15.6 Å². The Kier molecular flexibility index (Phi) is 4.03. The van der Waals surface area contributed by atoms with E-state index in [0.717, 1.165) is 22.0 Å². The first-order chi connectivity index (χ1) is 10.2. The summed E-state index contributed by atoms with van der Waals surface area (Å²) in [7, 11) is 0. The minimum absolute atomic E-state index is 0.0842. The van der Waals surface area contributed by atoms with Crippen molar-refractivity contribution in [2.45, 2.75) is 6.61 Å². The van der Waals surface area contributed by atoms with Crippen molar-refractivity contribution in [1.82, 2.24) is 9.59 Å². The Morgan fingerprint density at radius 1 is 1.24 bits per heavy atom. The normalized spacial score (nSPS) is 10.5. The second kappa shape index (κ2) is 6.11. The number of aromatic nitrogens is 2. The SMILES string of the molecule is O=C(OCc1ccc(F)cc1)c1snnc1-c1cccs1.